The standard InChI is InChI=1S/C22H21F4N5O/c23-12-1-2-13-16(7-12)32-9-15(31-6-5-21(10-31)3-4-21)18(13)30-20-14-8-17(22(24,25)26)29-19(14)27-11-28-20/h1-2,7-8,11,15,18H,3-6,9-10H2,(H2,27,28,29,30)/t15-,18-/m0/s1. The fourth-order valence-corrected chi connectivity index (χ4v) is 5.05. The fourth-order valence-electron chi connectivity index (χ4n) is 5.05. The van der Waals surface area contributed by atoms with Gasteiger partial charge in [0.25, 0.3) is 0 Å². The van der Waals surface area contributed by atoms with Crippen LogP contribution in [0.25, 0.3) is 11.0 Å². The van der Waals surface area contributed by atoms with Crippen LogP contribution in [-0.2, 0) is 6.18 Å². The van der Waals surface area contributed by atoms with Crippen molar-refractivity contribution in [3.8, 4) is 5.75 Å². The molecule has 1 aliphatic carbocycles. The molecule has 2 N–H and O–H groups in total. The van der Waals surface area contributed by atoms with Gasteiger partial charge in [0.2, 0.25) is 0 Å². The number of nitrogens with one attached hydrogen (secondary N) is 2. The van der Waals surface area contributed by atoms with Crippen molar-refractivity contribution in [1.29, 1.82) is 0 Å². The minimum Gasteiger partial charge on any atom is -0.491 e. The van der Waals surface area contributed by atoms with Crippen LogP contribution in [0, 0.1) is 11.2 Å². The molecule has 2 aromatic heterocycles. The third kappa shape index (κ3) is 3.28. The molecule has 0 amide bonds. The lowest BCUT2D eigenvalue weighted by molar-refractivity contribution is -0.140. The van der Waals surface area contributed by atoms with Crippen LogP contribution in [0.4, 0.5) is 23.4 Å². The predicted molar refractivity (Wildman–Crippen MR) is 109 cm³/mol. The molecular weight excluding hydrogens is 426 g/mol. The van der Waals surface area contributed by atoms with E-state index in [1.54, 1.807) is 6.07 Å². The second-order valence-corrected chi connectivity index (χ2v) is 9.07. The number of likely N-dealkylation sites (tertiary alicyclic amines) is 1. The molecule has 1 saturated heterocycles. The van der Waals surface area contributed by atoms with Crippen molar-refractivity contribution in [3.05, 3.63) is 47.7 Å². The van der Waals surface area contributed by atoms with Gasteiger partial charge in [0.15, 0.2) is 0 Å². The second kappa shape index (κ2) is 6.81. The Hall–Kier alpha value is -2.88. The SMILES string of the molecule is Fc1ccc2c(c1)OC[C@H](N1CCC3(CC3)C1)[C@H]2Nc1ncnc2[nH]c(C(F)(F)F)cc12. The number of hydrogen-bond acceptors (Lipinski definition) is 5. The Morgan fingerprint density at radius 2 is 2.00 bits per heavy atom. The molecule has 6 rings (SSSR count). The molecule has 2 aliphatic heterocycles. The van der Waals surface area contributed by atoms with Crippen molar-refractivity contribution >= 4 is 16.9 Å². The lowest BCUT2D eigenvalue weighted by Gasteiger charge is -2.39. The van der Waals surface area contributed by atoms with Gasteiger partial charge < -0.3 is 15.0 Å². The van der Waals surface area contributed by atoms with E-state index in [-0.39, 0.29) is 23.1 Å². The number of benzene rings is 1. The van der Waals surface area contributed by atoms with E-state index in [2.05, 4.69) is 25.2 Å². The van der Waals surface area contributed by atoms with E-state index in [0.717, 1.165) is 31.1 Å². The number of fused-ring (bicyclic) bond motifs is 2. The third-order valence-corrected chi connectivity index (χ3v) is 7.02. The Labute approximate surface area is 181 Å². The van der Waals surface area contributed by atoms with E-state index >= 15 is 0 Å². The lowest BCUT2D eigenvalue weighted by Crippen LogP contribution is -2.47. The monoisotopic (exact) mass is 447 g/mol. The second-order valence-electron chi connectivity index (χ2n) is 9.07. The first-order valence-corrected chi connectivity index (χ1v) is 10.7. The first-order valence-electron chi connectivity index (χ1n) is 10.7. The summed E-state index contributed by atoms with van der Waals surface area (Å²) in [5, 5.41) is 3.61. The molecule has 6 nitrogen and oxygen atoms in total. The Kier molecular flexibility index (Phi) is 4.21. The van der Waals surface area contributed by atoms with Crippen LogP contribution < -0.4 is 10.1 Å². The summed E-state index contributed by atoms with van der Waals surface area (Å²) < 4.78 is 59.5. The van der Waals surface area contributed by atoms with Gasteiger partial charge in [-0.05, 0) is 43.4 Å². The molecule has 32 heavy (non-hydrogen) atoms. The summed E-state index contributed by atoms with van der Waals surface area (Å²) in [5.74, 6) is 0.340. The van der Waals surface area contributed by atoms with Gasteiger partial charge in [-0.2, -0.15) is 13.2 Å². The number of nitrogens with zero attached hydrogens (tertiary/aromatic N) is 3. The van der Waals surface area contributed by atoms with Crippen LogP contribution in [0.3, 0.4) is 0 Å². The molecule has 4 heterocycles. The molecule has 168 valence electrons. The largest absolute Gasteiger partial charge is 0.491 e. The number of hydrogen-bond donors (Lipinski definition) is 2. The average Bonchev–Trinajstić information content (AvgIpc) is 3.16. The summed E-state index contributed by atoms with van der Waals surface area (Å²) in [6.45, 7) is 2.26. The zero-order valence-electron chi connectivity index (χ0n) is 17.0. The number of alkyl halides is 3. The van der Waals surface area contributed by atoms with E-state index in [4.69, 9.17) is 4.74 Å². The number of anilines is 1. The van der Waals surface area contributed by atoms with Gasteiger partial charge in [0.1, 0.15) is 41.7 Å². The molecule has 2 atom stereocenters. The van der Waals surface area contributed by atoms with Crippen molar-refractivity contribution < 1.29 is 22.3 Å². The van der Waals surface area contributed by atoms with E-state index in [9.17, 15) is 17.6 Å². The van der Waals surface area contributed by atoms with Crippen molar-refractivity contribution in [2.24, 2.45) is 5.41 Å². The highest BCUT2D eigenvalue weighted by atomic mass is 19.4. The van der Waals surface area contributed by atoms with Crippen LogP contribution in [0.2, 0.25) is 0 Å². The molecule has 1 spiro atoms. The zero-order valence-corrected chi connectivity index (χ0v) is 17.0. The minimum atomic E-state index is -4.52. The normalized spacial score (nSPS) is 24.5. The highest BCUT2D eigenvalue weighted by molar-refractivity contribution is 5.88. The number of ether oxygens (including phenoxy) is 1. The van der Waals surface area contributed by atoms with Crippen LogP contribution in [0.15, 0.2) is 30.6 Å². The Bertz CT molecular complexity index is 1190. The number of halogens is 4. The van der Waals surface area contributed by atoms with E-state index in [0.29, 0.717) is 23.6 Å². The van der Waals surface area contributed by atoms with Gasteiger partial charge in [-0.3, -0.25) is 4.90 Å². The maximum Gasteiger partial charge on any atom is 0.431 e. The Balaban J connectivity index is 1.39. The van der Waals surface area contributed by atoms with Crippen LogP contribution in [0.5, 0.6) is 5.75 Å². The van der Waals surface area contributed by atoms with E-state index < -0.39 is 17.7 Å². The van der Waals surface area contributed by atoms with Gasteiger partial charge in [0.05, 0.1) is 17.5 Å². The molecule has 0 unspecified atom stereocenters. The summed E-state index contributed by atoms with van der Waals surface area (Å²) in [7, 11) is 0. The lowest BCUT2D eigenvalue weighted by atomic mass is 9.94. The number of H-pyrrole nitrogens is 1. The molecule has 10 heteroatoms. The maximum absolute atomic E-state index is 13.8. The number of aromatic amines is 1. The quantitative estimate of drug-likeness (QED) is 0.578. The topological polar surface area (TPSA) is 66.1 Å². The van der Waals surface area contributed by atoms with E-state index in [1.165, 1.54) is 31.3 Å². The number of aromatic nitrogens is 3. The average molecular weight is 447 g/mol. The predicted octanol–water partition coefficient (Wildman–Crippen LogP) is 4.52. The first-order chi connectivity index (χ1) is 15.3. The molecule has 0 bridgehead atoms. The van der Waals surface area contributed by atoms with Crippen LogP contribution in [0.1, 0.15) is 36.6 Å². The summed E-state index contributed by atoms with van der Waals surface area (Å²) in [6.07, 6.45) is 0.310. The fraction of sp³-hybridized carbons (Fsp3) is 0.455. The molecular formula is C22H21F4N5O. The van der Waals surface area contributed by atoms with Gasteiger partial charge in [0, 0.05) is 18.2 Å². The Morgan fingerprint density at radius 1 is 1.16 bits per heavy atom. The van der Waals surface area contributed by atoms with E-state index in [1.807, 2.05) is 0 Å². The molecule has 3 aliphatic rings. The highest BCUT2D eigenvalue weighted by Crippen LogP contribution is 2.54. The minimum absolute atomic E-state index is 0.0565. The van der Waals surface area contributed by atoms with Gasteiger partial charge in [-0.1, -0.05) is 6.07 Å². The van der Waals surface area contributed by atoms with Gasteiger partial charge in [-0.15, -0.1) is 0 Å². The summed E-state index contributed by atoms with van der Waals surface area (Å²) in [6, 6.07) is 5.04. The highest BCUT2D eigenvalue weighted by Gasteiger charge is 2.50. The third-order valence-electron chi connectivity index (χ3n) is 7.02. The molecule has 1 aromatic carbocycles. The van der Waals surface area contributed by atoms with Crippen molar-refractivity contribution in [3.63, 3.8) is 0 Å². The smallest absolute Gasteiger partial charge is 0.431 e. The molecule has 0 radical (unpaired) electrons. The van der Waals surface area contributed by atoms with Gasteiger partial charge >= 0.3 is 6.18 Å². The summed E-state index contributed by atoms with van der Waals surface area (Å²) in [4.78, 5) is 12.9. The van der Waals surface area contributed by atoms with Gasteiger partial charge in [-0.25, -0.2) is 14.4 Å². The molecule has 3 aromatic rings. The van der Waals surface area contributed by atoms with Crippen molar-refractivity contribution in [2.75, 3.05) is 25.0 Å². The zero-order chi connectivity index (χ0) is 22.1. The number of rotatable bonds is 3. The molecule has 2 fully saturated rings. The van der Waals surface area contributed by atoms with Crippen LogP contribution >= 0.6 is 0 Å². The molecule has 1 saturated carbocycles. The first kappa shape index (κ1) is 19.8. The maximum atomic E-state index is 13.8. The summed E-state index contributed by atoms with van der Waals surface area (Å²) in [5.41, 5.74) is 0.392. The van der Waals surface area contributed by atoms with Crippen LogP contribution in [-0.4, -0.2) is 45.6 Å². The summed E-state index contributed by atoms with van der Waals surface area (Å²) >= 11 is 0. The Morgan fingerprint density at radius 3 is 2.75 bits per heavy atom. The van der Waals surface area contributed by atoms with Crippen molar-refractivity contribution in [1.82, 2.24) is 19.9 Å². The van der Waals surface area contributed by atoms with Crippen molar-refractivity contribution in [2.45, 2.75) is 37.5 Å².